The fraction of sp³-hybridized carbons (Fsp3) is 0.310. The lowest BCUT2D eigenvalue weighted by Gasteiger charge is -2.26. The number of benzene rings is 2. The summed E-state index contributed by atoms with van der Waals surface area (Å²) in [5.74, 6) is 0.202. The van der Waals surface area contributed by atoms with Crippen LogP contribution >= 0.6 is 23.1 Å². The standard InChI is InChI=1S/C29H27N3O4S2/c1-16(2)22-14-21-23(15-36-22)38-25-24(21)28(35)32(18-8-6-7-17(3)13-18)29(30-25)37-12-11-31-26(33)19-9-4-5-10-20(19)27(31)34/h4-10,13,16,22H,11-12,14-15H2,1-3H3/t22-/m1/s1. The average Bonchev–Trinajstić information content (AvgIpc) is 3.39. The highest BCUT2D eigenvalue weighted by molar-refractivity contribution is 7.99. The van der Waals surface area contributed by atoms with Crippen LogP contribution in [0.4, 0.5) is 0 Å². The molecule has 2 aromatic heterocycles. The number of rotatable bonds is 6. The first-order chi connectivity index (χ1) is 18.3. The van der Waals surface area contributed by atoms with Crippen molar-refractivity contribution < 1.29 is 14.3 Å². The molecule has 4 heterocycles. The quantitative estimate of drug-likeness (QED) is 0.187. The van der Waals surface area contributed by atoms with Crippen LogP contribution in [-0.4, -0.2) is 44.7 Å². The van der Waals surface area contributed by atoms with Gasteiger partial charge in [-0.15, -0.1) is 11.3 Å². The Morgan fingerprint density at radius 3 is 2.50 bits per heavy atom. The monoisotopic (exact) mass is 545 g/mol. The number of carbonyl (C=O) groups is 2. The molecule has 0 fully saturated rings. The van der Waals surface area contributed by atoms with Gasteiger partial charge < -0.3 is 4.74 Å². The molecule has 6 rings (SSSR count). The molecule has 7 nitrogen and oxygen atoms in total. The third kappa shape index (κ3) is 4.19. The van der Waals surface area contributed by atoms with Crippen LogP contribution in [0.2, 0.25) is 0 Å². The molecule has 1 atom stereocenters. The van der Waals surface area contributed by atoms with E-state index in [0.29, 0.717) is 51.2 Å². The third-order valence-electron chi connectivity index (χ3n) is 7.14. The van der Waals surface area contributed by atoms with Gasteiger partial charge in [0.25, 0.3) is 17.4 Å². The van der Waals surface area contributed by atoms with Gasteiger partial charge in [-0.3, -0.25) is 23.9 Å². The van der Waals surface area contributed by atoms with E-state index in [2.05, 4.69) is 13.8 Å². The molecule has 0 N–H and O–H groups in total. The molecule has 2 aliphatic rings. The van der Waals surface area contributed by atoms with E-state index in [0.717, 1.165) is 21.7 Å². The normalized spacial score (nSPS) is 16.9. The van der Waals surface area contributed by atoms with Crippen LogP contribution in [-0.2, 0) is 17.8 Å². The highest BCUT2D eigenvalue weighted by Crippen LogP contribution is 2.36. The van der Waals surface area contributed by atoms with E-state index in [-0.39, 0.29) is 30.0 Å². The van der Waals surface area contributed by atoms with Gasteiger partial charge in [0.2, 0.25) is 0 Å². The summed E-state index contributed by atoms with van der Waals surface area (Å²) in [6.07, 6.45) is 0.769. The molecule has 0 spiro atoms. The summed E-state index contributed by atoms with van der Waals surface area (Å²) < 4.78 is 7.74. The van der Waals surface area contributed by atoms with Gasteiger partial charge in [0.15, 0.2) is 5.16 Å². The molecule has 38 heavy (non-hydrogen) atoms. The summed E-state index contributed by atoms with van der Waals surface area (Å²) in [5.41, 5.74) is 3.62. The topological polar surface area (TPSA) is 81.5 Å². The minimum absolute atomic E-state index is 0.0702. The van der Waals surface area contributed by atoms with Gasteiger partial charge in [0, 0.05) is 23.6 Å². The number of aromatic nitrogens is 2. The number of amides is 2. The van der Waals surface area contributed by atoms with Crippen LogP contribution in [0.5, 0.6) is 0 Å². The summed E-state index contributed by atoms with van der Waals surface area (Å²) in [6.45, 7) is 6.98. The number of nitrogens with zero attached hydrogens (tertiary/aromatic N) is 3. The highest BCUT2D eigenvalue weighted by Gasteiger charge is 2.35. The fourth-order valence-corrected chi connectivity index (χ4v) is 7.20. The van der Waals surface area contributed by atoms with Gasteiger partial charge in [-0.2, -0.15) is 0 Å². The molecule has 9 heteroatoms. The maximum Gasteiger partial charge on any atom is 0.267 e. The largest absolute Gasteiger partial charge is 0.372 e. The van der Waals surface area contributed by atoms with E-state index < -0.39 is 0 Å². The van der Waals surface area contributed by atoms with Crippen molar-refractivity contribution in [2.45, 2.75) is 45.1 Å². The first-order valence-corrected chi connectivity index (χ1v) is 14.5. The van der Waals surface area contributed by atoms with Crippen LogP contribution in [0.1, 0.15) is 50.6 Å². The Hall–Kier alpha value is -3.27. The van der Waals surface area contributed by atoms with Gasteiger partial charge >= 0.3 is 0 Å². The zero-order valence-corrected chi connectivity index (χ0v) is 23.0. The Labute approximate surface area is 228 Å². The first-order valence-electron chi connectivity index (χ1n) is 12.7. The Morgan fingerprint density at radius 1 is 1.08 bits per heavy atom. The molecule has 0 aliphatic carbocycles. The van der Waals surface area contributed by atoms with Gasteiger partial charge in [-0.1, -0.05) is 49.9 Å². The van der Waals surface area contributed by atoms with E-state index in [1.165, 1.54) is 28.0 Å². The summed E-state index contributed by atoms with van der Waals surface area (Å²) in [4.78, 5) is 47.7. The van der Waals surface area contributed by atoms with Gasteiger partial charge in [-0.25, -0.2) is 4.98 Å². The number of ether oxygens (including phenoxy) is 1. The lowest BCUT2D eigenvalue weighted by molar-refractivity contribution is 0.00200. The minimum atomic E-state index is -0.281. The predicted molar refractivity (Wildman–Crippen MR) is 150 cm³/mol. The Bertz CT molecular complexity index is 1620. The van der Waals surface area contributed by atoms with Crippen molar-refractivity contribution in [3.05, 3.63) is 86.0 Å². The SMILES string of the molecule is Cc1cccc(-n2c(SCCN3C(=O)c4ccccc4C3=O)nc3sc4c(c3c2=O)C[C@H](C(C)C)OC4)c1. The highest BCUT2D eigenvalue weighted by atomic mass is 32.2. The second kappa shape index (κ2) is 9.80. The van der Waals surface area contributed by atoms with Crippen molar-refractivity contribution in [3.8, 4) is 5.69 Å². The smallest absolute Gasteiger partial charge is 0.267 e. The predicted octanol–water partition coefficient (Wildman–Crippen LogP) is 5.24. The summed E-state index contributed by atoms with van der Waals surface area (Å²) >= 11 is 2.90. The lowest BCUT2D eigenvalue weighted by Crippen LogP contribution is -2.32. The van der Waals surface area contributed by atoms with Crippen LogP contribution in [0.3, 0.4) is 0 Å². The molecule has 0 radical (unpaired) electrons. The maximum absolute atomic E-state index is 14.1. The van der Waals surface area contributed by atoms with Crippen molar-refractivity contribution in [2.75, 3.05) is 12.3 Å². The zero-order chi connectivity index (χ0) is 26.6. The van der Waals surface area contributed by atoms with Gasteiger partial charge in [0.1, 0.15) is 4.83 Å². The zero-order valence-electron chi connectivity index (χ0n) is 21.4. The first kappa shape index (κ1) is 25.0. The van der Waals surface area contributed by atoms with E-state index in [4.69, 9.17) is 9.72 Å². The van der Waals surface area contributed by atoms with Crippen LogP contribution < -0.4 is 5.56 Å². The number of aryl methyl sites for hydroxylation is 1. The van der Waals surface area contributed by atoms with E-state index >= 15 is 0 Å². The number of thiophene rings is 1. The molecule has 194 valence electrons. The third-order valence-corrected chi connectivity index (χ3v) is 9.16. The molecule has 2 aromatic carbocycles. The molecule has 0 saturated carbocycles. The molecule has 2 aliphatic heterocycles. The van der Waals surface area contributed by atoms with Crippen molar-refractivity contribution in [2.24, 2.45) is 5.92 Å². The maximum atomic E-state index is 14.1. The summed E-state index contributed by atoms with van der Waals surface area (Å²) in [6, 6.07) is 14.7. The van der Waals surface area contributed by atoms with Crippen LogP contribution in [0, 0.1) is 12.8 Å². The van der Waals surface area contributed by atoms with Crippen LogP contribution in [0.15, 0.2) is 58.5 Å². The fourth-order valence-electron chi connectivity index (χ4n) is 5.10. The Morgan fingerprint density at radius 2 is 1.82 bits per heavy atom. The van der Waals surface area contributed by atoms with E-state index in [1.807, 2.05) is 31.2 Å². The summed E-state index contributed by atoms with van der Waals surface area (Å²) in [7, 11) is 0. The van der Waals surface area contributed by atoms with Crippen LogP contribution in [0.25, 0.3) is 15.9 Å². The molecular weight excluding hydrogens is 518 g/mol. The molecule has 0 unspecified atom stereocenters. The number of hydrogen-bond acceptors (Lipinski definition) is 7. The minimum Gasteiger partial charge on any atom is -0.372 e. The second-order valence-corrected chi connectivity index (χ2v) is 12.2. The second-order valence-electron chi connectivity index (χ2n) is 10.0. The molecule has 2 amide bonds. The van der Waals surface area contributed by atoms with Crippen molar-refractivity contribution in [3.63, 3.8) is 0 Å². The Balaban J connectivity index is 1.37. The average molecular weight is 546 g/mol. The number of fused-ring (bicyclic) bond motifs is 4. The van der Waals surface area contributed by atoms with Gasteiger partial charge in [-0.05, 0) is 48.2 Å². The van der Waals surface area contributed by atoms with Crippen molar-refractivity contribution in [1.82, 2.24) is 14.5 Å². The molecule has 0 bridgehead atoms. The van der Waals surface area contributed by atoms with Gasteiger partial charge in [0.05, 0.1) is 34.9 Å². The van der Waals surface area contributed by atoms with E-state index in [1.54, 1.807) is 28.8 Å². The number of thioether (sulfide) groups is 1. The van der Waals surface area contributed by atoms with E-state index in [9.17, 15) is 14.4 Å². The number of imide groups is 1. The number of carbonyl (C=O) groups excluding carboxylic acids is 2. The number of hydrogen-bond donors (Lipinski definition) is 0. The van der Waals surface area contributed by atoms with Crippen molar-refractivity contribution >= 4 is 45.1 Å². The molecular formula is C29H27N3O4S2. The molecule has 4 aromatic rings. The lowest BCUT2D eigenvalue weighted by atomic mass is 9.96. The van der Waals surface area contributed by atoms with Crippen molar-refractivity contribution in [1.29, 1.82) is 0 Å². The summed E-state index contributed by atoms with van der Waals surface area (Å²) in [5, 5.41) is 1.22. The Kier molecular flexibility index (Phi) is 6.45. The molecule has 0 saturated heterocycles.